The maximum Gasteiger partial charge on any atom is 0.422 e. The zero-order chi connectivity index (χ0) is 21.6. The molecule has 0 unspecified atom stereocenters. The number of aromatic amines is 1. The molecule has 3 aromatic rings. The molecule has 0 amide bonds. The van der Waals surface area contributed by atoms with Crippen LogP contribution >= 0.6 is 0 Å². The van der Waals surface area contributed by atoms with E-state index in [-0.39, 0.29) is 16.9 Å². The first-order chi connectivity index (χ1) is 13.4. The lowest BCUT2D eigenvalue weighted by Gasteiger charge is -2.15. The molecule has 1 aromatic carbocycles. The van der Waals surface area contributed by atoms with E-state index in [1.54, 1.807) is 6.92 Å². The number of halogens is 6. The van der Waals surface area contributed by atoms with Gasteiger partial charge in [-0.25, -0.2) is 9.67 Å². The lowest BCUT2D eigenvalue weighted by atomic mass is 10.1. The molecule has 0 saturated heterocycles. The van der Waals surface area contributed by atoms with Crippen molar-refractivity contribution in [3.63, 3.8) is 0 Å². The van der Waals surface area contributed by atoms with Gasteiger partial charge in [-0.05, 0) is 31.5 Å². The summed E-state index contributed by atoms with van der Waals surface area (Å²) in [4.78, 5) is 18.7. The Morgan fingerprint density at radius 3 is 2.31 bits per heavy atom. The van der Waals surface area contributed by atoms with Gasteiger partial charge in [-0.3, -0.25) is 4.79 Å². The van der Waals surface area contributed by atoms with Gasteiger partial charge in [0.05, 0.1) is 11.6 Å². The van der Waals surface area contributed by atoms with Crippen LogP contribution in [-0.2, 0) is 6.18 Å². The minimum Gasteiger partial charge on any atom is -0.466 e. The monoisotopic (exact) mass is 420 g/mol. The number of aryl methyl sites for hydroxylation is 1. The first kappa shape index (κ1) is 20.7. The van der Waals surface area contributed by atoms with E-state index >= 15 is 0 Å². The number of hydrogen-bond acceptors (Lipinski definition) is 4. The molecule has 0 saturated carbocycles. The third-order valence-electron chi connectivity index (χ3n) is 4.11. The van der Waals surface area contributed by atoms with Crippen molar-refractivity contribution in [2.75, 3.05) is 6.61 Å². The van der Waals surface area contributed by atoms with Crippen LogP contribution in [-0.4, -0.2) is 32.5 Å². The maximum absolute atomic E-state index is 12.8. The van der Waals surface area contributed by atoms with Gasteiger partial charge in [0.25, 0.3) is 5.56 Å². The number of rotatable bonds is 4. The van der Waals surface area contributed by atoms with E-state index in [1.807, 2.05) is 0 Å². The average Bonchev–Trinajstić information content (AvgIpc) is 2.97. The average molecular weight is 420 g/mol. The van der Waals surface area contributed by atoms with E-state index in [9.17, 15) is 31.1 Å². The zero-order valence-electron chi connectivity index (χ0n) is 15.0. The first-order valence-electron chi connectivity index (χ1n) is 8.22. The Balaban J connectivity index is 2.07. The molecule has 3 rings (SSSR count). The fourth-order valence-corrected chi connectivity index (χ4v) is 2.74. The van der Waals surface area contributed by atoms with Crippen molar-refractivity contribution in [1.29, 1.82) is 0 Å². The number of nitrogens with zero attached hydrogens (tertiary/aromatic N) is 3. The molecular weight excluding hydrogens is 406 g/mol. The van der Waals surface area contributed by atoms with Crippen LogP contribution in [0.25, 0.3) is 11.0 Å². The molecule has 6 nitrogen and oxygen atoms in total. The van der Waals surface area contributed by atoms with Crippen LogP contribution in [0.15, 0.2) is 29.1 Å². The van der Waals surface area contributed by atoms with E-state index in [0.29, 0.717) is 5.56 Å². The van der Waals surface area contributed by atoms with Crippen LogP contribution in [0.1, 0.15) is 29.9 Å². The van der Waals surface area contributed by atoms with Gasteiger partial charge >= 0.3 is 12.4 Å². The van der Waals surface area contributed by atoms with Crippen molar-refractivity contribution in [1.82, 2.24) is 19.7 Å². The smallest absolute Gasteiger partial charge is 0.422 e. The Bertz CT molecular complexity index is 1080. The number of fused-ring (bicyclic) bond motifs is 1. The molecule has 0 aliphatic rings. The number of alkyl halides is 6. The molecule has 1 N–H and O–H groups in total. The summed E-state index contributed by atoms with van der Waals surface area (Å²) in [5.41, 5.74) is -1.26. The summed E-state index contributed by atoms with van der Waals surface area (Å²) in [5.74, 6) is -0.379. The number of nitrogens with one attached hydrogen (secondary N) is 1. The largest absolute Gasteiger partial charge is 0.466 e. The zero-order valence-corrected chi connectivity index (χ0v) is 15.0. The van der Waals surface area contributed by atoms with Crippen LogP contribution in [0.4, 0.5) is 26.3 Å². The summed E-state index contributed by atoms with van der Waals surface area (Å²) >= 11 is 0. The molecule has 0 bridgehead atoms. The predicted octanol–water partition coefficient (Wildman–Crippen LogP) is 4.00. The standard InChI is InChI=1S/C17H14F6N4O2/c1-8(10-3-5-11(6-4-10)17(21,22)23)27-13-12(14(28)25-9(2)24-13)15(26-27)29-7-16(18,19)20/h3-6,8H,7H2,1-2H3,(H,24,25,28)/t8-/m0/s1. The maximum atomic E-state index is 12.8. The van der Waals surface area contributed by atoms with E-state index in [2.05, 4.69) is 19.8 Å². The third kappa shape index (κ3) is 4.35. The normalized spacial score (nSPS) is 13.7. The van der Waals surface area contributed by atoms with Crippen molar-refractivity contribution >= 4 is 11.0 Å². The Kier molecular flexibility index (Phi) is 5.05. The van der Waals surface area contributed by atoms with Crippen molar-refractivity contribution in [2.24, 2.45) is 0 Å². The van der Waals surface area contributed by atoms with Crippen molar-refractivity contribution in [2.45, 2.75) is 32.2 Å². The van der Waals surface area contributed by atoms with Crippen LogP contribution in [0.5, 0.6) is 5.88 Å². The highest BCUT2D eigenvalue weighted by Gasteiger charge is 2.32. The van der Waals surface area contributed by atoms with Crippen LogP contribution in [0.2, 0.25) is 0 Å². The minimum absolute atomic E-state index is 0.0455. The van der Waals surface area contributed by atoms with Gasteiger partial charge in [-0.2, -0.15) is 26.3 Å². The Morgan fingerprint density at radius 1 is 1.14 bits per heavy atom. The van der Waals surface area contributed by atoms with Crippen molar-refractivity contribution < 1.29 is 31.1 Å². The van der Waals surface area contributed by atoms with Gasteiger partial charge < -0.3 is 9.72 Å². The van der Waals surface area contributed by atoms with Crippen molar-refractivity contribution in [3.05, 3.63) is 51.6 Å². The molecular formula is C17H14F6N4O2. The number of ether oxygens (including phenoxy) is 1. The number of benzene rings is 1. The van der Waals surface area contributed by atoms with Gasteiger partial charge in [0, 0.05) is 0 Å². The summed E-state index contributed by atoms with van der Waals surface area (Å²) in [6, 6.07) is 3.46. The molecule has 12 heteroatoms. The highest BCUT2D eigenvalue weighted by molar-refractivity contribution is 5.80. The lowest BCUT2D eigenvalue weighted by molar-refractivity contribution is -0.154. The van der Waals surface area contributed by atoms with Crippen LogP contribution < -0.4 is 10.3 Å². The van der Waals surface area contributed by atoms with E-state index in [4.69, 9.17) is 0 Å². The second-order valence-corrected chi connectivity index (χ2v) is 6.30. The van der Waals surface area contributed by atoms with Crippen LogP contribution in [0.3, 0.4) is 0 Å². The first-order valence-corrected chi connectivity index (χ1v) is 8.22. The van der Waals surface area contributed by atoms with Gasteiger partial charge in [-0.1, -0.05) is 12.1 Å². The Morgan fingerprint density at radius 2 is 1.76 bits per heavy atom. The summed E-state index contributed by atoms with van der Waals surface area (Å²) in [6.07, 6.45) is -9.16. The number of hydrogen-bond donors (Lipinski definition) is 1. The van der Waals surface area contributed by atoms with Gasteiger partial charge in [-0.15, -0.1) is 5.10 Å². The second kappa shape index (κ2) is 7.08. The second-order valence-electron chi connectivity index (χ2n) is 6.30. The predicted molar refractivity (Wildman–Crippen MR) is 89.7 cm³/mol. The number of H-pyrrole nitrogens is 1. The Hall–Kier alpha value is -3.05. The molecule has 2 heterocycles. The van der Waals surface area contributed by atoms with Gasteiger partial charge in [0.1, 0.15) is 11.2 Å². The quantitative estimate of drug-likeness (QED) is 0.648. The molecule has 0 aliphatic carbocycles. The van der Waals surface area contributed by atoms with E-state index < -0.39 is 42.0 Å². The minimum atomic E-state index is -4.65. The molecule has 0 aliphatic heterocycles. The molecule has 1 atom stereocenters. The van der Waals surface area contributed by atoms with E-state index in [1.165, 1.54) is 19.1 Å². The van der Waals surface area contributed by atoms with Crippen LogP contribution in [0, 0.1) is 6.92 Å². The summed E-state index contributed by atoms with van der Waals surface area (Å²) in [7, 11) is 0. The van der Waals surface area contributed by atoms with Crippen molar-refractivity contribution in [3.8, 4) is 5.88 Å². The summed E-state index contributed by atoms with van der Waals surface area (Å²) in [6.45, 7) is 1.36. The van der Waals surface area contributed by atoms with Gasteiger partial charge in [0.2, 0.25) is 5.88 Å². The number of aromatic nitrogens is 4. The summed E-state index contributed by atoms with van der Waals surface area (Å²) < 4.78 is 81.6. The molecule has 0 spiro atoms. The highest BCUT2D eigenvalue weighted by atomic mass is 19.4. The Labute approximate surface area is 159 Å². The lowest BCUT2D eigenvalue weighted by Crippen LogP contribution is -2.20. The molecule has 0 radical (unpaired) electrons. The summed E-state index contributed by atoms with van der Waals surface area (Å²) in [5, 5.41) is 3.65. The molecule has 0 fully saturated rings. The van der Waals surface area contributed by atoms with E-state index in [0.717, 1.165) is 16.8 Å². The molecule has 29 heavy (non-hydrogen) atoms. The molecule has 2 aromatic heterocycles. The fraction of sp³-hybridized carbons (Fsp3) is 0.353. The van der Waals surface area contributed by atoms with Gasteiger partial charge in [0.15, 0.2) is 12.3 Å². The highest BCUT2D eigenvalue weighted by Crippen LogP contribution is 2.32. The third-order valence-corrected chi connectivity index (χ3v) is 4.11. The topological polar surface area (TPSA) is 72.8 Å². The molecule has 156 valence electrons. The SMILES string of the molecule is Cc1nc2c(c(OCC(F)(F)F)nn2[C@@H](C)c2ccc(C(F)(F)F)cc2)c(=O)[nH]1. The fourth-order valence-electron chi connectivity index (χ4n) is 2.74.